The molecule has 0 saturated carbocycles. The highest BCUT2D eigenvalue weighted by molar-refractivity contribution is 5.83. The van der Waals surface area contributed by atoms with Crippen LogP contribution in [0.4, 0.5) is 0 Å². The molecule has 1 heterocycles. The lowest BCUT2D eigenvalue weighted by molar-refractivity contribution is -0.142. The molecule has 0 radical (unpaired) electrons. The van der Waals surface area contributed by atoms with Crippen molar-refractivity contribution in [2.24, 2.45) is 17.3 Å². The topological polar surface area (TPSA) is 32.3 Å². The zero-order valence-electron chi connectivity index (χ0n) is 13.5. The molecule has 1 saturated heterocycles. The first-order chi connectivity index (χ1) is 8.91. The van der Waals surface area contributed by atoms with Crippen LogP contribution < -0.4 is 5.32 Å². The Morgan fingerprint density at radius 1 is 1.21 bits per heavy atom. The maximum atomic E-state index is 13.0. The fraction of sp³-hybridized carbons (Fsp3) is 0.938. The summed E-state index contributed by atoms with van der Waals surface area (Å²) >= 11 is 0. The molecule has 1 aliphatic heterocycles. The Hall–Kier alpha value is -0.570. The number of nitrogens with one attached hydrogen (secondary N) is 1. The van der Waals surface area contributed by atoms with E-state index in [2.05, 4.69) is 44.8 Å². The number of carbonyl (C=O) groups is 1. The first kappa shape index (κ1) is 16.5. The van der Waals surface area contributed by atoms with Gasteiger partial charge in [-0.2, -0.15) is 0 Å². The quantitative estimate of drug-likeness (QED) is 0.770. The molecule has 1 amide bonds. The predicted molar refractivity (Wildman–Crippen MR) is 81.1 cm³/mol. The van der Waals surface area contributed by atoms with Crippen molar-refractivity contribution in [2.75, 3.05) is 26.2 Å². The fourth-order valence-corrected chi connectivity index (χ4v) is 3.18. The summed E-state index contributed by atoms with van der Waals surface area (Å²) < 4.78 is 0. The number of amides is 1. The Labute approximate surface area is 119 Å². The fourth-order valence-electron chi connectivity index (χ4n) is 3.18. The predicted octanol–water partition coefficient (Wildman–Crippen LogP) is 2.91. The zero-order chi connectivity index (χ0) is 14.5. The Balaban J connectivity index is 2.82. The Kier molecular flexibility index (Phi) is 6.31. The summed E-state index contributed by atoms with van der Waals surface area (Å²) in [5.41, 5.74) is -0.126. The van der Waals surface area contributed by atoms with E-state index >= 15 is 0 Å². The van der Waals surface area contributed by atoms with Gasteiger partial charge in [-0.05, 0) is 31.2 Å². The average Bonchev–Trinajstić information content (AvgIpc) is 2.76. The summed E-state index contributed by atoms with van der Waals surface area (Å²) in [7, 11) is 0. The molecule has 1 unspecified atom stereocenters. The molecule has 1 fully saturated rings. The van der Waals surface area contributed by atoms with Crippen molar-refractivity contribution in [1.82, 2.24) is 10.2 Å². The number of carbonyl (C=O) groups excluding carboxylic acids is 1. The molecule has 3 heteroatoms. The van der Waals surface area contributed by atoms with Crippen molar-refractivity contribution < 1.29 is 4.79 Å². The molecular formula is C16H32N2O. The van der Waals surface area contributed by atoms with Crippen molar-refractivity contribution in [3.8, 4) is 0 Å². The molecule has 0 aromatic carbocycles. The molecule has 0 aliphatic carbocycles. The lowest BCUT2D eigenvalue weighted by Gasteiger charge is -2.35. The molecular weight excluding hydrogens is 236 g/mol. The van der Waals surface area contributed by atoms with Crippen LogP contribution in [0.3, 0.4) is 0 Å². The molecule has 0 aromatic heterocycles. The molecule has 1 aliphatic rings. The van der Waals surface area contributed by atoms with Crippen LogP contribution in [0.5, 0.6) is 0 Å². The van der Waals surface area contributed by atoms with Gasteiger partial charge in [0, 0.05) is 19.6 Å². The van der Waals surface area contributed by atoms with Gasteiger partial charge in [-0.15, -0.1) is 0 Å². The van der Waals surface area contributed by atoms with Gasteiger partial charge >= 0.3 is 0 Å². The van der Waals surface area contributed by atoms with Crippen LogP contribution in [0.25, 0.3) is 0 Å². The highest BCUT2D eigenvalue weighted by Crippen LogP contribution is 2.33. The second-order valence-electron chi connectivity index (χ2n) is 6.95. The van der Waals surface area contributed by atoms with Crippen LogP contribution in [-0.2, 0) is 4.79 Å². The van der Waals surface area contributed by atoms with Gasteiger partial charge < -0.3 is 10.2 Å². The second-order valence-corrected chi connectivity index (χ2v) is 6.95. The number of hydrogen-bond donors (Lipinski definition) is 1. The highest BCUT2D eigenvalue weighted by atomic mass is 16.2. The van der Waals surface area contributed by atoms with E-state index in [1.165, 1.54) is 0 Å². The van der Waals surface area contributed by atoms with Gasteiger partial charge in [0.05, 0.1) is 5.41 Å². The van der Waals surface area contributed by atoms with E-state index in [-0.39, 0.29) is 5.41 Å². The van der Waals surface area contributed by atoms with E-state index in [1.807, 2.05) is 0 Å². The van der Waals surface area contributed by atoms with Gasteiger partial charge in [0.15, 0.2) is 0 Å². The summed E-state index contributed by atoms with van der Waals surface area (Å²) in [6.45, 7) is 14.6. The van der Waals surface area contributed by atoms with Crippen molar-refractivity contribution in [3.63, 3.8) is 0 Å². The van der Waals surface area contributed by atoms with Gasteiger partial charge in [-0.3, -0.25) is 4.79 Å². The molecule has 1 rings (SSSR count). The molecule has 3 nitrogen and oxygen atoms in total. The standard InChI is InChI=1S/C16H32N2O/c1-6-7-16(8-9-17-12-16)15(19)18(10-13(2)3)11-14(4)5/h13-14,17H,6-12H2,1-5H3. The zero-order valence-corrected chi connectivity index (χ0v) is 13.5. The van der Waals surface area contributed by atoms with Crippen LogP contribution in [0.2, 0.25) is 0 Å². The van der Waals surface area contributed by atoms with Crippen molar-refractivity contribution in [1.29, 1.82) is 0 Å². The third kappa shape index (κ3) is 4.48. The van der Waals surface area contributed by atoms with Gasteiger partial charge in [-0.1, -0.05) is 41.0 Å². The summed E-state index contributed by atoms with van der Waals surface area (Å²) in [6.07, 6.45) is 3.11. The van der Waals surface area contributed by atoms with Gasteiger partial charge in [0.1, 0.15) is 0 Å². The Morgan fingerprint density at radius 2 is 1.79 bits per heavy atom. The van der Waals surface area contributed by atoms with Crippen molar-refractivity contribution in [2.45, 2.75) is 53.9 Å². The molecule has 19 heavy (non-hydrogen) atoms. The molecule has 1 atom stereocenters. The summed E-state index contributed by atoms with van der Waals surface area (Å²) in [5, 5.41) is 3.39. The maximum Gasteiger partial charge on any atom is 0.230 e. The Bertz CT molecular complexity index is 270. The minimum atomic E-state index is -0.126. The summed E-state index contributed by atoms with van der Waals surface area (Å²) in [4.78, 5) is 15.1. The minimum absolute atomic E-state index is 0.126. The van der Waals surface area contributed by atoms with Gasteiger partial charge in [-0.25, -0.2) is 0 Å². The van der Waals surface area contributed by atoms with Gasteiger partial charge in [0.25, 0.3) is 0 Å². The van der Waals surface area contributed by atoms with E-state index < -0.39 is 0 Å². The second kappa shape index (κ2) is 7.28. The molecule has 1 N–H and O–H groups in total. The minimum Gasteiger partial charge on any atom is -0.342 e. The third-order valence-corrected chi connectivity index (χ3v) is 3.88. The molecule has 0 bridgehead atoms. The monoisotopic (exact) mass is 268 g/mol. The van der Waals surface area contributed by atoms with E-state index in [0.29, 0.717) is 17.7 Å². The lowest BCUT2D eigenvalue weighted by Crippen LogP contribution is -2.47. The first-order valence-corrected chi connectivity index (χ1v) is 7.91. The first-order valence-electron chi connectivity index (χ1n) is 7.91. The highest BCUT2D eigenvalue weighted by Gasteiger charge is 2.42. The van der Waals surface area contributed by atoms with Crippen LogP contribution in [0.15, 0.2) is 0 Å². The van der Waals surface area contributed by atoms with E-state index in [1.54, 1.807) is 0 Å². The van der Waals surface area contributed by atoms with Crippen LogP contribution >= 0.6 is 0 Å². The van der Waals surface area contributed by atoms with E-state index in [9.17, 15) is 4.79 Å². The third-order valence-electron chi connectivity index (χ3n) is 3.88. The lowest BCUT2D eigenvalue weighted by atomic mass is 9.80. The van der Waals surface area contributed by atoms with Crippen molar-refractivity contribution >= 4 is 5.91 Å². The van der Waals surface area contributed by atoms with E-state index in [4.69, 9.17) is 0 Å². The largest absolute Gasteiger partial charge is 0.342 e. The Morgan fingerprint density at radius 3 is 2.16 bits per heavy atom. The molecule has 112 valence electrons. The number of rotatable bonds is 7. The summed E-state index contributed by atoms with van der Waals surface area (Å²) in [5.74, 6) is 1.47. The maximum absolute atomic E-state index is 13.0. The van der Waals surface area contributed by atoms with Crippen LogP contribution in [-0.4, -0.2) is 37.0 Å². The van der Waals surface area contributed by atoms with E-state index in [0.717, 1.165) is 45.4 Å². The molecule has 0 aromatic rings. The van der Waals surface area contributed by atoms with Gasteiger partial charge in [0.2, 0.25) is 5.91 Å². The van der Waals surface area contributed by atoms with Crippen LogP contribution in [0, 0.1) is 17.3 Å². The van der Waals surface area contributed by atoms with Crippen molar-refractivity contribution in [3.05, 3.63) is 0 Å². The summed E-state index contributed by atoms with van der Waals surface area (Å²) in [6, 6.07) is 0. The molecule has 0 spiro atoms. The SMILES string of the molecule is CCCC1(C(=O)N(CC(C)C)CC(C)C)CCNC1. The van der Waals surface area contributed by atoms with Crippen LogP contribution in [0.1, 0.15) is 53.9 Å². The average molecular weight is 268 g/mol. The smallest absolute Gasteiger partial charge is 0.230 e. The normalized spacial score (nSPS) is 23.3. The number of nitrogens with zero attached hydrogens (tertiary/aromatic N) is 1. The number of hydrogen-bond acceptors (Lipinski definition) is 2.